The average molecular weight is 299 g/mol. The normalized spacial score (nSPS) is 14.4. The summed E-state index contributed by atoms with van der Waals surface area (Å²) < 4.78 is 5.63. The number of nitrogens with one attached hydrogen (secondary N) is 1. The van der Waals surface area contributed by atoms with Crippen LogP contribution in [0.5, 0.6) is 5.75 Å². The minimum Gasteiger partial charge on any atom is -0.491 e. The lowest BCUT2D eigenvalue weighted by Gasteiger charge is -2.16. The number of ether oxygens (including phenoxy) is 1. The second kappa shape index (κ2) is 6.60. The summed E-state index contributed by atoms with van der Waals surface area (Å²) in [5.74, 6) is 2.25. The standard InChI is InChI=1S/C16H21N5O/c1-12(2)22-14-7-5-13(6-8-14)18-16-19-15(11-17-20-16)21-9-3-4-10-21/h5-8,11-12H,3-4,9-10H2,1-2H3,(H,18,19,20). The van der Waals surface area contributed by atoms with Crippen LogP contribution in [0, 0.1) is 0 Å². The highest BCUT2D eigenvalue weighted by molar-refractivity contribution is 5.55. The molecular formula is C16H21N5O. The molecule has 116 valence electrons. The highest BCUT2D eigenvalue weighted by Gasteiger charge is 2.14. The molecule has 0 amide bonds. The SMILES string of the molecule is CC(C)Oc1ccc(Nc2nncc(N3CCCC3)n2)cc1. The van der Waals surface area contributed by atoms with Crippen molar-refractivity contribution in [3.63, 3.8) is 0 Å². The summed E-state index contributed by atoms with van der Waals surface area (Å²) in [5.41, 5.74) is 0.913. The van der Waals surface area contributed by atoms with Crippen molar-refractivity contribution >= 4 is 17.5 Å². The smallest absolute Gasteiger partial charge is 0.249 e. The number of hydrogen-bond acceptors (Lipinski definition) is 6. The Bertz CT molecular complexity index is 608. The largest absolute Gasteiger partial charge is 0.491 e. The van der Waals surface area contributed by atoms with Crippen LogP contribution in [0.15, 0.2) is 30.5 Å². The van der Waals surface area contributed by atoms with Gasteiger partial charge in [-0.2, -0.15) is 10.1 Å². The Morgan fingerprint density at radius 2 is 1.86 bits per heavy atom. The maximum absolute atomic E-state index is 5.63. The zero-order valence-electron chi connectivity index (χ0n) is 13.0. The van der Waals surface area contributed by atoms with Gasteiger partial charge in [0.15, 0.2) is 5.82 Å². The molecule has 0 unspecified atom stereocenters. The lowest BCUT2D eigenvalue weighted by molar-refractivity contribution is 0.242. The van der Waals surface area contributed by atoms with Gasteiger partial charge in [-0.25, -0.2) is 0 Å². The highest BCUT2D eigenvalue weighted by Crippen LogP contribution is 2.21. The van der Waals surface area contributed by atoms with E-state index < -0.39 is 0 Å². The van der Waals surface area contributed by atoms with Gasteiger partial charge in [0.2, 0.25) is 5.95 Å². The van der Waals surface area contributed by atoms with Crippen molar-refractivity contribution in [1.29, 1.82) is 0 Å². The van der Waals surface area contributed by atoms with Gasteiger partial charge in [-0.3, -0.25) is 0 Å². The number of benzene rings is 1. The Kier molecular flexibility index (Phi) is 4.37. The van der Waals surface area contributed by atoms with Gasteiger partial charge in [0.25, 0.3) is 0 Å². The zero-order valence-corrected chi connectivity index (χ0v) is 13.0. The average Bonchev–Trinajstić information content (AvgIpc) is 3.03. The van der Waals surface area contributed by atoms with E-state index in [1.54, 1.807) is 6.20 Å². The van der Waals surface area contributed by atoms with Crippen molar-refractivity contribution in [2.45, 2.75) is 32.8 Å². The van der Waals surface area contributed by atoms with Crippen LogP contribution in [-0.4, -0.2) is 34.4 Å². The maximum atomic E-state index is 5.63. The number of rotatable bonds is 5. The fourth-order valence-corrected chi connectivity index (χ4v) is 2.46. The third kappa shape index (κ3) is 3.63. The van der Waals surface area contributed by atoms with E-state index in [4.69, 9.17) is 4.74 Å². The quantitative estimate of drug-likeness (QED) is 0.915. The molecule has 6 heteroatoms. The molecule has 6 nitrogen and oxygen atoms in total. The van der Waals surface area contributed by atoms with E-state index in [9.17, 15) is 0 Å². The van der Waals surface area contributed by atoms with Crippen LogP contribution in [0.2, 0.25) is 0 Å². The number of aromatic nitrogens is 3. The van der Waals surface area contributed by atoms with Crippen molar-refractivity contribution in [2.24, 2.45) is 0 Å². The first-order valence-electron chi connectivity index (χ1n) is 7.69. The van der Waals surface area contributed by atoms with Crippen LogP contribution in [0.25, 0.3) is 0 Å². The van der Waals surface area contributed by atoms with Gasteiger partial charge in [0, 0.05) is 18.8 Å². The summed E-state index contributed by atoms with van der Waals surface area (Å²) >= 11 is 0. The van der Waals surface area contributed by atoms with Gasteiger partial charge in [0.05, 0.1) is 12.3 Å². The molecule has 0 bridgehead atoms. The van der Waals surface area contributed by atoms with Gasteiger partial charge in [0.1, 0.15) is 5.75 Å². The molecule has 1 fully saturated rings. The van der Waals surface area contributed by atoms with Crippen molar-refractivity contribution in [3.8, 4) is 5.75 Å². The third-order valence-corrected chi connectivity index (χ3v) is 3.46. The second-order valence-corrected chi connectivity index (χ2v) is 5.65. The Labute approximate surface area is 130 Å². The predicted octanol–water partition coefficient (Wildman–Crippen LogP) is 3.00. The first-order chi connectivity index (χ1) is 10.7. The first-order valence-corrected chi connectivity index (χ1v) is 7.69. The van der Waals surface area contributed by atoms with E-state index in [-0.39, 0.29) is 6.10 Å². The fourth-order valence-electron chi connectivity index (χ4n) is 2.46. The number of anilines is 3. The van der Waals surface area contributed by atoms with E-state index in [0.29, 0.717) is 5.95 Å². The van der Waals surface area contributed by atoms with Gasteiger partial charge in [-0.05, 0) is 51.0 Å². The summed E-state index contributed by atoms with van der Waals surface area (Å²) in [5, 5.41) is 11.3. The van der Waals surface area contributed by atoms with Crippen LogP contribution in [-0.2, 0) is 0 Å². The van der Waals surface area contributed by atoms with Crippen molar-refractivity contribution in [3.05, 3.63) is 30.5 Å². The predicted molar refractivity (Wildman–Crippen MR) is 86.8 cm³/mol. The van der Waals surface area contributed by atoms with Crippen molar-refractivity contribution in [1.82, 2.24) is 15.2 Å². The zero-order chi connectivity index (χ0) is 15.4. The molecule has 1 saturated heterocycles. The molecule has 0 aliphatic carbocycles. The summed E-state index contributed by atoms with van der Waals surface area (Å²) in [7, 11) is 0. The second-order valence-electron chi connectivity index (χ2n) is 5.65. The van der Waals surface area contributed by atoms with Crippen LogP contribution in [0.3, 0.4) is 0 Å². The maximum Gasteiger partial charge on any atom is 0.249 e. The van der Waals surface area contributed by atoms with E-state index in [0.717, 1.165) is 30.3 Å². The van der Waals surface area contributed by atoms with Gasteiger partial charge < -0.3 is 15.0 Å². The summed E-state index contributed by atoms with van der Waals surface area (Å²) in [6.45, 7) is 6.10. The van der Waals surface area contributed by atoms with E-state index in [1.165, 1.54) is 12.8 Å². The fraction of sp³-hybridized carbons (Fsp3) is 0.438. The van der Waals surface area contributed by atoms with Crippen molar-refractivity contribution in [2.75, 3.05) is 23.3 Å². The molecule has 3 rings (SSSR count). The summed E-state index contributed by atoms with van der Waals surface area (Å²) in [6.07, 6.45) is 4.31. The molecule has 0 spiro atoms. The molecule has 1 aromatic heterocycles. The topological polar surface area (TPSA) is 63.2 Å². The Morgan fingerprint density at radius 1 is 1.14 bits per heavy atom. The van der Waals surface area contributed by atoms with Gasteiger partial charge in [-0.15, -0.1) is 5.10 Å². The van der Waals surface area contributed by atoms with E-state index in [2.05, 4.69) is 25.4 Å². The first kappa shape index (κ1) is 14.6. The lowest BCUT2D eigenvalue weighted by Crippen LogP contribution is -2.19. The van der Waals surface area contributed by atoms with E-state index in [1.807, 2.05) is 38.1 Å². The molecule has 0 radical (unpaired) electrons. The Morgan fingerprint density at radius 3 is 2.55 bits per heavy atom. The van der Waals surface area contributed by atoms with Gasteiger partial charge >= 0.3 is 0 Å². The van der Waals surface area contributed by atoms with Crippen LogP contribution in [0.4, 0.5) is 17.5 Å². The monoisotopic (exact) mass is 299 g/mol. The van der Waals surface area contributed by atoms with Crippen molar-refractivity contribution < 1.29 is 4.74 Å². The molecule has 2 heterocycles. The Balaban J connectivity index is 1.68. The molecule has 1 aliphatic heterocycles. The lowest BCUT2D eigenvalue weighted by atomic mass is 10.3. The Hall–Kier alpha value is -2.37. The summed E-state index contributed by atoms with van der Waals surface area (Å²) in [6, 6.07) is 7.76. The molecule has 0 saturated carbocycles. The van der Waals surface area contributed by atoms with Crippen LogP contribution in [0.1, 0.15) is 26.7 Å². The molecule has 1 aliphatic rings. The third-order valence-electron chi connectivity index (χ3n) is 3.46. The molecule has 2 aromatic rings. The highest BCUT2D eigenvalue weighted by atomic mass is 16.5. The minimum absolute atomic E-state index is 0.170. The minimum atomic E-state index is 0.170. The van der Waals surface area contributed by atoms with Gasteiger partial charge in [-0.1, -0.05) is 0 Å². The number of nitrogens with zero attached hydrogens (tertiary/aromatic N) is 4. The molecular weight excluding hydrogens is 278 g/mol. The van der Waals surface area contributed by atoms with E-state index >= 15 is 0 Å². The molecule has 1 N–H and O–H groups in total. The molecule has 0 atom stereocenters. The molecule has 1 aromatic carbocycles. The van der Waals surface area contributed by atoms with Crippen LogP contribution >= 0.6 is 0 Å². The number of hydrogen-bond donors (Lipinski definition) is 1. The summed E-state index contributed by atoms with van der Waals surface area (Å²) in [4.78, 5) is 6.77. The molecule has 22 heavy (non-hydrogen) atoms. The van der Waals surface area contributed by atoms with Crippen LogP contribution < -0.4 is 15.0 Å².